The molecule has 0 saturated carbocycles. The predicted octanol–water partition coefficient (Wildman–Crippen LogP) is 1.63. The first-order chi connectivity index (χ1) is 9.16. The second-order valence-electron chi connectivity index (χ2n) is 5.06. The van der Waals surface area contributed by atoms with E-state index >= 15 is 0 Å². The van der Waals surface area contributed by atoms with Gasteiger partial charge in [-0.2, -0.15) is 0 Å². The van der Waals surface area contributed by atoms with Crippen molar-refractivity contribution >= 4 is 29.0 Å². The maximum Gasteiger partial charge on any atom is 0.246 e. The van der Waals surface area contributed by atoms with Crippen LogP contribution in [-0.2, 0) is 4.79 Å². The van der Waals surface area contributed by atoms with Gasteiger partial charge in [0.05, 0.1) is 5.69 Å². The van der Waals surface area contributed by atoms with Gasteiger partial charge in [0.25, 0.3) is 0 Å². The molecule has 1 aromatic rings. The monoisotopic (exact) mass is 280 g/mol. The highest BCUT2D eigenvalue weighted by molar-refractivity contribution is 6.29. The standard InChI is InChI=1S/C13H17ClN4O/c1-8-13(19)16-10-2-3-11(14)17-12(10)18(8)9-4-6-15-7-5-9/h2-3,8-9,15H,4-7H2,1H3,(H,16,19)/t8-/m1/s1. The minimum Gasteiger partial charge on any atom is -0.340 e. The van der Waals surface area contributed by atoms with Gasteiger partial charge in [0.15, 0.2) is 5.82 Å². The summed E-state index contributed by atoms with van der Waals surface area (Å²) in [7, 11) is 0. The Morgan fingerprint density at radius 1 is 1.37 bits per heavy atom. The number of fused-ring (bicyclic) bond motifs is 1. The number of piperidine rings is 1. The van der Waals surface area contributed by atoms with Crippen LogP contribution in [0.2, 0.25) is 5.15 Å². The number of amides is 1. The van der Waals surface area contributed by atoms with Crippen molar-refractivity contribution in [1.82, 2.24) is 10.3 Å². The average molecular weight is 281 g/mol. The van der Waals surface area contributed by atoms with Gasteiger partial charge >= 0.3 is 0 Å². The number of carbonyl (C=O) groups excluding carboxylic acids is 1. The van der Waals surface area contributed by atoms with E-state index in [-0.39, 0.29) is 11.9 Å². The number of hydrogen-bond acceptors (Lipinski definition) is 4. The number of halogens is 1. The Labute approximate surface area is 117 Å². The lowest BCUT2D eigenvalue weighted by molar-refractivity contribution is -0.117. The molecule has 3 rings (SSSR count). The summed E-state index contributed by atoms with van der Waals surface area (Å²) in [4.78, 5) is 18.6. The van der Waals surface area contributed by atoms with Crippen LogP contribution >= 0.6 is 11.6 Å². The minimum atomic E-state index is -0.207. The van der Waals surface area contributed by atoms with Crippen LogP contribution in [-0.4, -0.2) is 36.1 Å². The number of rotatable bonds is 1. The number of hydrogen-bond donors (Lipinski definition) is 2. The molecule has 19 heavy (non-hydrogen) atoms. The molecule has 6 heteroatoms. The molecule has 2 aliphatic rings. The smallest absolute Gasteiger partial charge is 0.246 e. The average Bonchev–Trinajstić information content (AvgIpc) is 2.42. The van der Waals surface area contributed by atoms with Gasteiger partial charge < -0.3 is 15.5 Å². The van der Waals surface area contributed by atoms with E-state index in [9.17, 15) is 4.79 Å². The summed E-state index contributed by atoms with van der Waals surface area (Å²) in [6, 6.07) is 3.66. The summed E-state index contributed by atoms with van der Waals surface area (Å²) in [5, 5.41) is 6.69. The van der Waals surface area contributed by atoms with Crippen molar-refractivity contribution in [2.75, 3.05) is 23.3 Å². The first kappa shape index (κ1) is 12.7. The van der Waals surface area contributed by atoms with Gasteiger partial charge in [0.2, 0.25) is 5.91 Å². The van der Waals surface area contributed by atoms with Gasteiger partial charge in [-0.25, -0.2) is 4.98 Å². The number of carbonyl (C=O) groups is 1. The lowest BCUT2D eigenvalue weighted by Crippen LogP contribution is -2.54. The normalized spacial score (nSPS) is 24.0. The lowest BCUT2D eigenvalue weighted by Gasteiger charge is -2.42. The quantitative estimate of drug-likeness (QED) is 0.768. The van der Waals surface area contributed by atoms with Crippen LogP contribution in [0.4, 0.5) is 11.5 Å². The Kier molecular flexibility index (Phi) is 3.33. The molecule has 1 fully saturated rings. The fourth-order valence-corrected chi connectivity index (χ4v) is 2.98. The van der Waals surface area contributed by atoms with Crippen LogP contribution in [0.25, 0.3) is 0 Å². The molecule has 2 N–H and O–H groups in total. The fourth-order valence-electron chi connectivity index (χ4n) is 2.84. The van der Waals surface area contributed by atoms with Crippen molar-refractivity contribution < 1.29 is 4.79 Å². The zero-order chi connectivity index (χ0) is 13.4. The third kappa shape index (κ3) is 2.28. The third-order valence-corrected chi connectivity index (χ3v) is 4.05. The molecule has 3 heterocycles. The maximum atomic E-state index is 12.1. The zero-order valence-corrected chi connectivity index (χ0v) is 11.6. The van der Waals surface area contributed by atoms with Crippen LogP contribution in [0.15, 0.2) is 12.1 Å². The maximum absolute atomic E-state index is 12.1. The SMILES string of the molecule is C[C@@H]1C(=O)Nc2ccc(Cl)nc2N1C1CCNCC1. The molecule has 1 saturated heterocycles. The highest BCUT2D eigenvalue weighted by Crippen LogP contribution is 2.34. The molecule has 0 aliphatic carbocycles. The minimum absolute atomic E-state index is 0.0233. The number of anilines is 2. The largest absolute Gasteiger partial charge is 0.340 e. The Balaban J connectivity index is 2.01. The van der Waals surface area contributed by atoms with E-state index in [0.717, 1.165) is 37.4 Å². The van der Waals surface area contributed by atoms with Crippen LogP contribution in [0, 0.1) is 0 Å². The van der Waals surface area contributed by atoms with Crippen molar-refractivity contribution in [2.24, 2.45) is 0 Å². The van der Waals surface area contributed by atoms with E-state index in [0.29, 0.717) is 11.2 Å². The van der Waals surface area contributed by atoms with Crippen molar-refractivity contribution in [2.45, 2.75) is 31.8 Å². The summed E-state index contributed by atoms with van der Waals surface area (Å²) in [5.74, 6) is 0.821. The van der Waals surface area contributed by atoms with Gasteiger partial charge in [0.1, 0.15) is 11.2 Å². The molecule has 0 unspecified atom stereocenters. The third-order valence-electron chi connectivity index (χ3n) is 3.84. The molecule has 0 spiro atoms. The fraction of sp³-hybridized carbons (Fsp3) is 0.538. The number of nitrogens with zero attached hydrogens (tertiary/aromatic N) is 2. The second-order valence-corrected chi connectivity index (χ2v) is 5.45. The van der Waals surface area contributed by atoms with Gasteiger partial charge in [-0.3, -0.25) is 4.79 Å². The Hall–Kier alpha value is -1.33. The molecule has 0 aromatic carbocycles. The zero-order valence-electron chi connectivity index (χ0n) is 10.8. The number of nitrogens with one attached hydrogen (secondary N) is 2. The number of pyridine rings is 1. The van der Waals surface area contributed by atoms with Crippen LogP contribution < -0.4 is 15.5 Å². The van der Waals surface area contributed by atoms with Crippen molar-refractivity contribution in [3.8, 4) is 0 Å². The molecule has 1 amide bonds. The molecule has 1 atom stereocenters. The topological polar surface area (TPSA) is 57.3 Å². The van der Waals surface area contributed by atoms with Crippen molar-refractivity contribution in [3.63, 3.8) is 0 Å². The van der Waals surface area contributed by atoms with E-state index in [1.54, 1.807) is 6.07 Å². The van der Waals surface area contributed by atoms with Gasteiger partial charge in [-0.1, -0.05) is 11.6 Å². The Morgan fingerprint density at radius 2 is 2.11 bits per heavy atom. The lowest BCUT2D eigenvalue weighted by atomic mass is 10.0. The molecule has 1 aromatic heterocycles. The Morgan fingerprint density at radius 3 is 2.84 bits per heavy atom. The summed E-state index contributed by atoms with van der Waals surface area (Å²) in [6.45, 7) is 3.87. The first-order valence-electron chi connectivity index (χ1n) is 6.63. The van der Waals surface area contributed by atoms with Gasteiger partial charge in [-0.15, -0.1) is 0 Å². The predicted molar refractivity (Wildman–Crippen MR) is 75.7 cm³/mol. The summed E-state index contributed by atoms with van der Waals surface area (Å²) in [5.41, 5.74) is 0.756. The summed E-state index contributed by atoms with van der Waals surface area (Å²) < 4.78 is 0. The molecule has 102 valence electrons. The first-order valence-corrected chi connectivity index (χ1v) is 7.01. The molecule has 5 nitrogen and oxygen atoms in total. The van der Waals surface area contributed by atoms with E-state index in [1.165, 1.54) is 0 Å². The van der Waals surface area contributed by atoms with Crippen molar-refractivity contribution in [3.05, 3.63) is 17.3 Å². The molecular weight excluding hydrogens is 264 g/mol. The highest BCUT2D eigenvalue weighted by atomic mass is 35.5. The van der Waals surface area contributed by atoms with E-state index in [1.807, 2.05) is 13.0 Å². The second kappa shape index (κ2) is 4.98. The van der Waals surface area contributed by atoms with Crippen LogP contribution in [0.3, 0.4) is 0 Å². The van der Waals surface area contributed by atoms with E-state index in [4.69, 9.17) is 11.6 Å². The summed E-state index contributed by atoms with van der Waals surface area (Å²) >= 11 is 6.00. The number of aromatic nitrogens is 1. The van der Waals surface area contributed by atoms with Crippen LogP contribution in [0.1, 0.15) is 19.8 Å². The Bertz CT molecular complexity index is 501. The van der Waals surface area contributed by atoms with Gasteiger partial charge in [0, 0.05) is 6.04 Å². The van der Waals surface area contributed by atoms with E-state index in [2.05, 4.69) is 20.5 Å². The van der Waals surface area contributed by atoms with Gasteiger partial charge in [-0.05, 0) is 45.0 Å². The molecule has 0 radical (unpaired) electrons. The summed E-state index contributed by atoms with van der Waals surface area (Å²) in [6.07, 6.45) is 2.04. The molecular formula is C13H17ClN4O. The highest BCUT2D eigenvalue weighted by Gasteiger charge is 2.35. The molecule has 2 aliphatic heterocycles. The van der Waals surface area contributed by atoms with Crippen LogP contribution in [0.5, 0.6) is 0 Å². The van der Waals surface area contributed by atoms with E-state index < -0.39 is 0 Å². The molecule has 0 bridgehead atoms. The van der Waals surface area contributed by atoms with Crippen molar-refractivity contribution in [1.29, 1.82) is 0 Å².